The number of amides is 2. The van der Waals surface area contributed by atoms with Crippen molar-refractivity contribution in [2.45, 2.75) is 43.5 Å². The monoisotopic (exact) mass is 459 g/mol. The Balaban J connectivity index is 1.57. The van der Waals surface area contributed by atoms with Gasteiger partial charge in [0.1, 0.15) is 5.75 Å². The fourth-order valence-electron chi connectivity index (χ4n) is 3.72. The van der Waals surface area contributed by atoms with Crippen LogP contribution < -0.4 is 15.4 Å². The zero-order chi connectivity index (χ0) is 23.1. The number of carbonyl (C=O) groups is 2. The Bertz CT molecular complexity index is 1040. The quantitative estimate of drug-likeness (QED) is 0.620. The average Bonchev–Trinajstić information content (AvgIpc) is 2.80. The number of anilines is 1. The van der Waals surface area contributed by atoms with Gasteiger partial charge >= 0.3 is 11.8 Å². The van der Waals surface area contributed by atoms with Gasteiger partial charge in [0, 0.05) is 24.8 Å². The van der Waals surface area contributed by atoms with E-state index in [1.165, 1.54) is 23.5 Å². The number of ether oxygens (including phenoxy) is 1. The Hall–Kier alpha value is -2.91. The largest absolute Gasteiger partial charge is 0.497 e. The second-order valence-corrected chi connectivity index (χ2v) is 9.70. The van der Waals surface area contributed by atoms with Gasteiger partial charge in [-0.25, -0.2) is 8.42 Å². The van der Waals surface area contributed by atoms with Gasteiger partial charge in [-0.1, -0.05) is 24.1 Å². The number of carbonyl (C=O) groups excluding carboxylic acids is 2. The summed E-state index contributed by atoms with van der Waals surface area (Å²) < 4.78 is 32.9. The summed E-state index contributed by atoms with van der Waals surface area (Å²) >= 11 is 0. The van der Waals surface area contributed by atoms with E-state index in [9.17, 15) is 18.0 Å². The normalized spacial score (nSPS) is 16.9. The Morgan fingerprint density at radius 2 is 1.72 bits per heavy atom. The molecule has 0 bridgehead atoms. The van der Waals surface area contributed by atoms with E-state index < -0.39 is 21.8 Å². The lowest BCUT2D eigenvalue weighted by Crippen LogP contribution is -2.45. The van der Waals surface area contributed by atoms with Crippen LogP contribution in [-0.2, 0) is 19.6 Å². The molecule has 2 amide bonds. The number of benzene rings is 2. The molecule has 0 radical (unpaired) electrons. The number of nitrogens with zero attached hydrogens (tertiary/aromatic N) is 1. The van der Waals surface area contributed by atoms with Gasteiger partial charge in [-0.2, -0.15) is 4.31 Å². The predicted octanol–water partition coefficient (Wildman–Crippen LogP) is 2.69. The highest BCUT2D eigenvalue weighted by Crippen LogP contribution is 2.27. The second kappa shape index (κ2) is 10.6. The van der Waals surface area contributed by atoms with Crippen LogP contribution in [-0.4, -0.2) is 50.8 Å². The van der Waals surface area contributed by atoms with Gasteiger partial charge in [-0.3, -0.25) is 9.59 Å². The number of rotatable bonds is 7. The molecule has 1 aliphatic heterocycles. The molecule has 2 N–H and O–H groups in total. The molecular weight excluding hydrogens is 430 g/mol. The molecule has 1 unspecified atom stereocenters. The molecule has 172 valence electrons. The van der Waals surface area contributed by atoms with E-state index in [-0.39, 0.29) is 17.5 Å². The Morgan fingerprint density at radius 1 is 1.03 bits per heavy atom. The topological polar surface area (TPSA) is 105 Å². The van der Waals surface area contributed by atoms with E-state index in [0.717, 1.165) is 18.4 Å². The molecule has 9 heteroatoms. The molecular formula is C23H29N3O5S. The van der Waals surface area contributed by atoms with Crippen molar-refractivity contribution in [2.24, 2.45) is 0 Å². The Labute approximate surface area is 189 Å². The van der Waals surface area contributed by atoms with Crippen LogP contribution in [0.3, 0.4) is 0 Å². The van der Waals surface area contributed by atoms with E-state index in [1.54, 1.807) is 24.3 Å². The van der Waals surface area contributed by atoms with Crippen LogP contribution in [0.5, 0.6) is 5.75 Å². The highest BCUT2D eigenvalue weighted by atomic mass is 32.2. The summed E-state index contributed by atoms with van der Waals surface area (Å²) in [4.78, 5) is 24.5. The molecule has 8 nitrogen and oxygen atoms in total. The van der Waals surface area contributed by atoms with E-state index >= 15 is 0 Å². The summed E-state index contributed by atoms with van der Waals surface area (Å²) in [5, 5.41) is 5.15. The first kappa shape index (κ1) is 23.7. The first-order valence-electron chi connectivity index (χ1n) is 10.6. The fourth-order valence-corrected chi connectivity index (χ4v) is 5.44. The lowest BCUT2D eigenvalue weighted by Gasteiger charge is -2.34. The molecule has 0 spiro atoms. The zero-order valence-corrected chi connectivity index (χ0v) is 19.2. The minimum absolute atomic E-state index is 0.208. The summed E-state index contributed by atoms with van der Waals surface area (Å²) in [5.74, 6) is -0.906. The summed E-state index contributed by atoms with van der Waals surface area (Å²) in [5.41, 5.74) is 1.59. The van der Waals surface area contributed by atoms with E-state index in [1.807, 2.05) is 19.1 Å². The SMILES string of the molecule is COc1ccc(S(=O)(=O)N2CCCCC2CCNC(=O)C(=O)Nc2ccc(C)cc2)cc1. The number of piperidine rings is 1. The minimum Gasteiger partial charge on any atom is -0.497 e. The van der Waals surface area contributed by atoms with Crippen molar-refractivity contribution in [2.75, 3.05) is 25.5 Å². The van der Waals surface area contributed by atoms with Crippen LogP contribution in [0.1, 0.15) is 31.2 Å². The Morgan fingerprint density at radius 3 is 2.38 bits per heavy atom. The molecule has 0 aromatic heterocycles. The van der Waals surface area contributed by atoms with Gasteiger partial charge in [0.25, 0.3) is 0 Å². The maximum Gasteiger partial charge on any atom is 0.313 e. The van der Waals surface area contributed by atoms with Crippen molar-refractivity contribution in [3.8, 4) is 5.75 Å². The van der Waals surface area contributed by atoms with Crippen LogP contribution in [0, 0.1) is 6.92 Å². The van der Waals surface area contributed by atoms with Crippen LogP contribution in [0.2, 0.25) is 0 Å². The molecule has 2 aromatic rings. The van der Waals surface area contributed by atoms with E-state index in [2.05, 4.69) is 10.6 Å². The van der Waals surface area contributed by atoms with E-state index in [0.29, 0.717) is 30.8 Å². The van der Waals surface area contributed by atoms with Gasteiger partial charge in [-0.15, -0.1) is 0 Å². The summed E-state index contributed by atoms with van der Waals surface area (Å²) in [7, 11) is -2.13. The van der Waals surface area contributed by atoms with Crippen LogP contribution >= 0.6 is 0 Å². The second-order valence-electron chi connectivity index (χ2n) is 7.81. The van der Waals surface area contributed by atoms with Crippen molar-refractivity contribution < 1.29 is 22.7 Å². The summed E-state index contributed by atoms with van der Waals surface area (Å²) in [6.45, 7) is 2.57. The van der Waals surface area contributed by atoms with Crippen molar-refractivity contribution >= 4 is 27.5 Å². The van der Waals surface area contributed by atoms with Crippen molar-refractivity contribution in [3.63, 3.8) is 0 Å². The van der Waals surface area contributed by atoms with Crippen LogP contribution in [0.4, 0.5) is 5.69 Å². The maximum atomic E-state index is 13.2. The molecule has 2 aromatic carbocycles. The lowest BCUT2D eigenvalue weighted by atomic mass is 10.0. The highest BCUT2D eigenvalue weighted by Gasteiger charge is 2.33. The standard InChI is InChI=1S/C23H29N3O5S/c1-17-6-8-18(9-7-17)25-23(28)22(27)24-15-14-19-5-3-4-16-26(19)32(29,30)21-12-10-20(31-2)11-13-21/h6-13,19H,3-5,14-16H2,1-2H3,(H,24,27)(H,25,28). The number of nitrogens with one attached hydrogen (secondary N) is 2. The van der Waals surface area contributed by atoms with Gasteiger partial charge in [0.15, 0.2) is 0 Å². The minimum atomic E-state index is -3.66. The third-order valence-electron chi connectivity index (χ3n) is 5.52. The van der Waals surface area contributed by atoms with Crippen molar-refractivity contribution in [3.05, 3.63) is 54.1 Å². The molecule has 1 fully saturated rings. The number of methoxy groups -OCH3 is 1. The van der Waals surface area contributed by atoms with Gasteiger partial charge in [0.05, 0.1) is 12.0 Å². The molecule has 1 atom stereocenters. The molecule has 1 aliphatic rings. The molecule has 1 saturated heterocycles. The number of hydrogen-bond acceptors (Lipinski definition) is 5. The molecule has 1 heterocycles. The van der Waals surface area contributed by atoms with Gasteiger partial charge in [-0.05, 0) is 62.6 Å². The summed E-state index contributed by atoms with van der Waals surface area (Å²) in [6.07, 6.45) is 2.85. The third kappa shape index (κ3) is 5.86. The van der Waals surface area contributed by atoms with Gasteiger partial charge < -0.3 is 15.4 Å². The van der Waals surface area contributed by atoms with Crippen LogP contribution in [0.25, 0.3) is 0 Å². The van der Waals surface area contributed by atoms with Crippen molar-refractivity contribution in [1.29, 1.82) is 0 Å². The van der Waals surface area contributed by atoms with Crippen molar-refractivity contribution in [1.82, 2.24) is 9.62 Å². The first-order valence-corrected chi connectivity index (χ1v) is 12.1. The molecule has 0 aliphatic carbocycles. The van der Waals surface area contributed by atoms with Gasteiger partial charge in [0.2, 0.25) is 10.0 Å². The third-order valence-corrected chi connectivity index (χ3v) is 7.48. The van der Waals surface area contributed by atoms with Crippen LogP contribution in [0.15, 0.2) is 53.4 Å². The fraction of sp³-hybridized carbons (Fsp3) is 0.391. The van der Waals surface area contributed by atoms with E-state index in [4.69, 9.17) is 4.74 Å². The predicted molar refractivity (Wildman–Crippen MR) is 122 cm³/mol. The molecule has 3 rings (SSSR count). The average molecular weight is 460 g/mol. The Kier molecular flexibility index (Phi) is 7.87. The lowest BCUT2D eigenvalue weighted by molar-refractivity contribution is -0.136. The first-order chi connectivity index (χ1) is 15.3. The number of sulfonamides is 1. The highest BCUT2D eigenvalue weighted by molar-refractivity contribution is 7.89. The molecule has 32 heavy (non-hydrogen) atoms. The smallest absolute Gasteiger partial charge is 0.313 e. The maximum absolute atomic E-state index is 13.2. The number of hydrogen-bond donors (Lipinski definition) is 2. The molecule has 0 saturated carbocycles. The summed E-state index contributed by atoms with van der Waals surface area (Å²) in [6, 6.07) is 13.2. The zero-order valence-electron chi connectivity index (χ0n) is 18.3. The number of aryl methyl sites for hydroxylation is 1.